The van der Waals surface area contributed by atoms with Gasteiger partial charge in [-0.3, -0.25) is 0 Å². The van der Waals surface area contributed by atoms with E-state index in [4.69, 9.17) is 5.73 Å². The fourth-order valence-electron chi connectivity index (χ4n) is 1.32. The average Bonchev–Trinajstić information content (AvgIpc) is 2.58. The topological polar surface area (TPSA) is 56.7 Å². The van der Waals surface area contributed by atoms with Gasteiger partial charge in [-0.25, -0.2) is 4.68 Å². The van der Waals surface area contributed by atoms with Gasteiger partial charge in [0.1, 0.15) is 5.69 Å². The van der Waals surface area contributed by atoms with Crippen molar-refractivity contribution in [2.24, 2.45) is 11.7 Å². The van der Waals surface area contributed by atoms with Gasteiger partial charge < -0.3 is 5.73 Å². The molecule has 0 aliphatic rings. The van der Waals surface area contributed by atoms with Gasteiger partial charge in [-0.05, 0) is 12.8 Å². The zero-order valence-electron chi connectivity index (χ0n) is 9.41. The number of hydrogen-bond acceptors (Lipinski definition) is 3. The largest absolute Gasteiger partial charge is 0.434 e. The molecule has 1 aromatic rings. The van der Waals surface area contributed by atoms with Crippen LogP contribution in [0.25, 0.3) is 0 Å². The molecule has 0 spiro atoms. The molecule has 16 heavy (non-hydrogen) atoms. The molecule has 0 fully saturated rings. The van der Waals surface area contributed by atoms with Crippen molar-refractivity contribution < 1.29 is 13.2 Å². The molecular formula is C9H15F3N4. The van der Waals surface area contributed by atoms with E-state index in [-0.39, 0.29) is 24.2 Å². The van der Waals surface area contributed by atoms with E-state index in [1.165, 1.54) is 0 Å². The fourth-order valence-corrected chi connectivity index (χ4v) is 1.32. The minimum absolute atomic E-state index is 0.0356. The molecule has 7 heteroatoms. The van der Waals surface area contributed by atoms with Gasteiger partial charge in [0.2, 0.25) is 0 Å². The summed E-state index contributed by atoms with van der Waals surface area (Å²) < 4.78 is 39.3. The number of nitrogens with zero attached hydrogens (tertiary/aromatic N) is 3. The third kappa shape index (κ3) is 2.34. The highest BCUT2D eigenvalue weighted by Crippen LogP contribution is 2.33. The molecule has 0 aromatic carbocycles. The second-order valence-corrected chi connectivity index (χ2v) is 4.02. The molecule has 2 N–H and O–H groups in total. The number of nitrogens with two attached hydrogens (primary N) is 1. The zero-order valence-corrected chi connectivity index (χ0v) is 9.41. The summed E-state index contributed by atoms with van der Waals surface area (Å²) in [6.07, 6.45) is -4.47. The normalized spacial score (nSPS) is 14.5. The SMILES string of the molecule is CC(C)C(C)n1nnc(CN)c1C(F)(F)F. The number of aromatic nitrogens is 3. The van der Waals surface area contributed by atoms with E-state index in [1.54, 1.807) is 6.92 Å². The van der Waals surface area contributed by atoms with Gasteiger partial charge in [0.05, 0.1) is 6.04 Å². The third-order valence-electron chi connectivity index (χ3n) is 2.58. The first kappa shape index (κ1) is 13.0. The van der Waals surface area contributed by atoms with E-state index in [0.29, 0.717) is 0 Å². The molecule has 4 nitrogen and oxygen atoms in total. The van der Waals surface area contributed by atoms with Crippen LogP contribution in [-0.4, -0.2) is 15.0 Å². The maximum absolute atomic E-state index is 12.8. The summed E-state index contributed by atoms with van der Waals surface area (Å²) in [5.41, 5.74) is 4.18. The lowest BCUT2D eigenvalue weighted by Crippen LogP contribution is -2.22. The quantitative estimate of drug-likeness (QED) is 0.872. The summed E-state index contributed by atoms with van der Waals surface area (Å²) in [6.45, 7) is 5.07. The van der Waals surface area contributed by atoms with Crippen LogP contribution in [0.3, 0.4) is 0 Å². The maximum atomic E-state index is 12.8. The molecule has 0 saturated carbocycles. The Morgan fingerprint density at radius 2 is 1.88 bits per heavy atom. The van der Waals surface area contributed by atoms with Gasteiger partial charge in [0.25, 0.3) is 0 Å². The van der Waals surface area contributed by atoms with Crippen LogP contribution in [0.1, 0.15) is 38.2 Å². The molecule has 1 rings (SSSR count). The number of hydrogen-bond donors (Lipinski definition) is 1. The first-order chi connectivity index (χ1) is 7.29. The third-order valence-corrected chi connectivity index (χ3v) is 2.58. The lowest BCUT2D eigenvalue weighted by molar-refractivity contribution is -0.145. The van der Waals surface area contributed by atoms with Crippen molar-refractivity contribution in [3.05, 3.63) is 11.4 Å². The summed E-state index contributed by atoms with van der Waals surface area (Å²) in [7, 11) is 0. The summed E-state index contributed by atoms with van der Waals surface area (Å²) in [5, 5.41) is 7.01. The first-order valence-corrected chi connectivity index (χ1v) is 5.00. The van der Waals surface area contributed by atoms with E-state index in [2.05, 4.69) is 10.3 Å². The monoisotopic (exact) mass is 236 g/mol. The van der Waals surface area contributed by atoms with E-state index in [9.17, 15) is 13.2 Å². The molecule has 0 aliphatic carbocycles. The first-order valence-electron chi connectivity index (χ1n) is 5.00. The highest BCUT2D eigenvalue weighted by atomic mass is 19.4. The highest BCUT2D eigenvalue weighted by Gasteiger charge is 2.40. The predicted octanol–water partition coefficient (Wildman–Crippen LogP) is 1.97. The lowest BCUT2D eigenvalue weighted by Gasteiger charge is -2.19. The van der Waals surface area contributed by atoms with Crippen LogP contribution in [0, 0.1) is 5.92 Å². The van der Waals surface area contributed by atoms with Gasteiger partial charge in [0.15, 0.2) is 5.69 Å². The van der Waals surface area contributed by atoms with Crippen molar-refractivity contribution in [1.82, 2.24) is 15.0 Å². The van der Waals surface area contributed by atoms with Gasteiger partial charge in [-0.15, -0.1) is 5.10 Å². The van der Waals surface area contributed by atoms with Crippen molar-refractivity contribution in [2.45, 2.75) is 39.5 Å². The van der Waals surface area contributed by atoms with Crippen LogP contribution in [0.5, 0.6) is 0 Å². The standard InChI is InChI=1S/C9H15F3N4/c1-5(2)6(3)16-8(9(10,11)12)7(4-13)14-15-16/h5-6H,4,13H2,1-3H3. The molecule has 1 unspecified atom stereocenters. The van der Waals surface area contributed by atoms with E-state index >= 15 is 0 Å². The van der Waals surface area contributed by atoms with Crippen molar-refractivity contribution in [3.8, 4) is 0 Å². The van der Waals surface area contributed by atoms with Gasteiger partial charge in [-0.1, -0.05) is 19.1 Å². The second-order valence-electron chi connectivity index (χ2n) is 4.02. The molecule has 0 amide bonds. The highest BCUT2D eigenvalue weighted by molar-refractivity contribution is 5.14. The van der Waals surface area contributed by atoms with Crippen molar-refractivity contribution in [3.63, 3.8) is 0 Å². The van der Waals surface area contributed by atoms with Crippen molar-refractivity contribution in [1.29, 1.82) is 0 Å². The van der Waals surface area contributed by atoms with Crippen LogP contribution < -0.4 is 5.73 Å². The molecule has 0 bridgehead atoms. The van der Waals surface area contributed by atoms with Crippen LogP contribution in [0.4, 0.5) is 13.2 Å². The van der Waals surface area contributed by atoms with Crippen LogP contribution in [0.2, 0.25) is 0 Å². The molecule has 0 saturated heterocycles. The number of halogens is 3. The van der Waals surface area contributed by atoms with Gasteiger partial charge >= 0.3 is 6.18 Å². The summed E-state index contributed by atoms with van der Waals surface area (Å²) in [6, 6.07) is -0.371. The van der Waals surface area contributed by atoms with Crippen LogP contribution >= 0.6 is 0 Å². The Hall–Kier alpha value is -1.11. The number of alkyl halides is 3. The number of rotatable bonds is 3. The minimum Gasteiger partial charge on any atom is -0.325 e. The smallest absolute Gasteiger partial charge is 0.325 e. The second kappa shape index (κ2) is 4.40. The van der Waals surface area contributed by atoms with E-state index < -0.39 is 11.9 Å². The summed E-state index contributed by atoms with van der Waals surface area (Å²) in [5.74, 6) is 0.0356. The Bertz CT molecular complexity index is 356. The fraction of sp³-hybridized carbons (Fsp3) is 0.778. The van der Waals surface area contributed by atoms with Crippen molar-refractivity contribution in [2.75, 3.05) is 0 Å². The molecule has 92 valence electrons. The van der Waals surface area contributed by atoms with Crippen LogP contribution in [0.15, 0.2) is 0 Å². The zero-order chi connectivity index (χ0) is 12.5. The van der Waals surface area contributed by atoms with E-state index in [1.807, 2.05) is 13.8 Å². The molecule has 1 aromatic heterocycles. The Morgan fingerprint density at radius 3 is 2.25 bits per heavy atom. The molecule has 0 radical (unpaired) electrons. The molecule has 0 aliphatic heterocycles. The minimum atomic E-state index is -4.47. The maximum Gasteiger partial charge on any atom is 0.434 e. The molecular weight excluding hydrogens is 221 g/mol. The van der Waals surface area contributed by atoms with Gasteiger partial charge in [0, 0.05) is 6.54 Å². The predicted molar refractivity (Wildman–Crippen MR) is 52.5 cm³/mol. The molecule has 1 atom stereocenters. The Kier molecular flexibility index (Phi) is 3.57. The summed E-state index contributed by atoms with van der Waals surface area (Å²) in [4.78, 5) is 0. The molecule has 1 heterocycles. The van der Waals surface area contributed by atoms with Crippen molar-refractivity contribution >= 4 is 0 Å². The Morgan fingerprint density at radius 1 is 1.31 bits per heavy atom. The van der Waals surface area contributed by atoms with E-state index in [0.717, 1.165) is 4.68 Å². The van der Waals surface area contributed by atoms with Crippen LogP contribution in [-0.2, 0) is 12.7 Å². The Labute approximate surface area is 91.6 Å². The average molecular weight is 236 g/mol. The summed E-state index contributed by atoms with van der Waals surface area (Å²) >= 11 is 0. The van der Waals surface area contributed by atoms with Gasteiger partial charge in [-0.2, -0.15) is 13.2 Å². The Balaban J connectivity index is 3.25. The lowest BCUT2D eigenvalue weighted by atomic mass is 10.1.